The van der Waals surface area contributed by atoms with Gasteiger partial charge in [0.15, 0.2) is 0 Å². The fraction of sp³-hybridized carbons (Fsp3) is 0.438. The fourth-order valence-electron chi connectivity index (χ4n) is 2.67. The molecule has 22 heavy (non-hydrogen) atoms. The average Bonchev–Trinajstić information content (AvgIpc) is 2.54. The average molecular weight is 304 g/mol. The lowest BCUT2D eigenvalue weighted by Crippen LogP contribution is -2.45. The molecular weight excluding hydrogens is 284 g/mol. The van der Waals surface area contributed by atoms with Crippen LogP contribution in [0.25, 0.3) is 0 Å². The van der Waals surface area contributed by atoms with Crippen LogP contribution in [0.5, 0.6) is 0 Å². The number of hydrogen-bond acceptors (Lipinski definition) is 3. The van der Waals surface area contributed by atoms with Gasteiger partial charge >= 0.3 is 5.97 Å². The third-order valence-corrected chi connectivity index (χ3v) is 3.95. The third-order valence-electron chi connectivity index (χ3n) is 3.95. The molecule has 0 radical (unpaired) electrons. The van der Waals surface area contributed by atoms with E-state index in [0.29, 0.717) is 13.1 Å². The maximum Gasteiger partial charge on any atom is 0.335 e. The topological polar surface area (TPSA) is 86.7 Å². The molecule has 0 aliphatic carbocycles. The molecule has 6 nitrogen and oxygen atoms in total. The van der Waals surface area contributed by atoms with Gasteiger partial charge in [0.2, 0.25) is 11.8 Å². The molecular formula is C16H20N2O4. The first-order chi connectivity index (χ1) is 10.5. The van der Waals surface area contributed by atoms with E-state index in [1.165, 1.54) is 12.1 Å². The van der Waals surface area contributed by atoms with Gasteiger partial charge in [-0.2, -0.15) is 0 Å². The monoisotopic (exact) mass is 304 g/mol. The van der Waals surface area contributed by atoms with Crippen molar-refractivity contribution in [2.75, 3.05) is 20.1 Å². The van der Waals surface area contributed by atoms with Crippen LogP contribution in [0.2, 0.25) is 0 Å². The summed E-state index contributed by atoms with van der Waals surface area (Å²) in [6.07, 6.45) is 1.85. The Morgan fingerprint density at radius 1 is 1.27 bits per heavy atom. The highest BCUT2D eigenvalue weighted by Gasteiger charge is 2.27. The van der Waals surface area contributed by atoms with Gasteiger partial charge in [0.05, 0.1) is 17.9 Å². The van der Waals surface area contributed by atoms with Crippen molar-refractivity contribution in [3.05, 3.63) is 35.4 Å². The number of carboxylic acids is 1. The van der Waals surface area contributed by atoms with Gasteiger partial charge in [-0.1, -0.05) is 12.1 Å². The number of amides is 2. The number of carbonyl (C=O) groups is 3. The van der Waals surface area contributed by atoms with Gasteiger partial charge in [-0.25, -0.2) is 4.79 Å². The molecule has 2 rings (SSSR count). The zero-order valence-corrected chi connectivity index (χ0v) is 12.5. The summed E-state index contributed by atoms with van der Waals surface area (Å²) in [5.74, 6) is -1.18. The van der Waals surface area contributed by atoms with E-state index in [-0.39, 0.29) is 29.7 Å². The van der Waals surface area contributed by atoms with Crippen molar-refractivity contribution in [3.8, 4) is 0 Å². The van der Waals surface area contributed by atoms with Gasteiger partial charge in [0.1, 0.15) is 0 Å². The summed E-state index contributed by atoms with van der Waals surface area (Å²) in [5, 5.41) is 11.5. The molecule has 1 saturated heterocycles. The van der Waals surface area contributed by atoms with Crippen molar-refractivity contribution < 1.29 is 19.5 Å². The summed E-state index contributed by atoms with van der Waals surface area (Å²) in [4.78, 5) is 36.5. The minimum Gasteiger partial charge on any atom is -0.478 e. The van der Waals surface area contributed by atoms with Crippen molar-refractivity contribution in [1.82, 2.24) is 10.2 Å². The van der Waals surface area contributed by atoms with Gasteiger partial charge in [-0.05, 0) is 30.5 Å². The molecule has 1 heterocycles. The van der Waals surface area contributed by atoms with Crippen LogP contribution in [-0.4, -0.2) is 47.9 Å². The number of piperidine rings is 1. The van der Waals surface area contributed by atoms with Crippen molar-refractivity contribution in [2.45, 2.75) is 19.3 Å². The molecule has 1 aromatic rings. The third kappa shape index (κ3) is 3.84. The van der Waals surface area contributed by atoms with E-state index >= 15 is 0 Å². The number of aromatic carboxylic acids is 1. The molecule has 1 unspecified atom stereocenters. The van der Waals surface area contributed by atoms with E-state index in [2.05, 4.69) is 5.32 Å². The van der Waals surface area contributed by atoms with Crippen LogP contribution in [0.1, 0.15) is 28.8 Å². The number of hydrogen-bond donors (Lipinski definition) is 2. The predicted molar refractivity (Wildman–Crippen MR) is 80.5 cm³/mol. The Morgan fingerprint density at radius 3 is 2.55 bits per heavy atom. The maximum atomic E-state index is 12.3. The lowest BCUT2D eigenvalue weighted by atomic mass is 9.96. The van der Waals surface area contributed by atoms with E-state index in [4.69, 9.17) is 5.11 Å². The highest BCUT2D eigenvalue weighted by Crippen LogP contribution is 2.18. The number of carboxylic acid groups (broad SMARTS) is 1. The molecule has 1 fully saturated rings. The van der Waals surface area contributed by atoms with Gasteiger partial charge < -0.3 is 15.3 Å². The summed E-state index contributed by atoms with van der Waals surface area (Å²) in [6.45, 7) is 1.12. The zero-order chi connectivity index (χ0) is 16.1. The highest BCUT2D eigenvalue weighted by atomic mass is 16.4. The first-order valence-corrected chi connectivity index (χ1v) is 7.33. The molecule has 0 aromatic heterocycles. The Kier molecular flexibility index (Phi) is 5.14. The second-order valence-corrected chi connectivity index (χ2v) is 5.47. The molecule has 0 bridgehead atoms. The van der Waals surface area contributed by atoms with E-state index in [0.717, 1.165) is 18.4 Å². The highest BCUT2D eigenvalue weighted by molar-refractivity contribution is 5.88. The Hall–Kier alpha value is -2.37. The van der Waals surface area contributed by atoms with Crippen molar-refractivity contribution in [1.29, 1.82) is 0 Å². The second-order valence-electron chi connectivity index (χ2n) is 5.47. The summed E-state index contributed by atoms with van der Waals surface area (Å²) in [7, 11) is 1.60. The summed E-state index contributed by atoms with van der Waals surface area (Å²) < 4.78 is 0. The van der Waals surface area contributed by atoms with Crippen molar-refractivity contribution in [2.24, 2.45) is 5.92 Å². The fourth-order valence-corrected chi connectivity index (χ4v) is 2.67. The number of nitrogens with zero attached hydrogens (tertiary/aromatic N) is 1. The largest absolute Gasteiger partial charge is 0.478 e. The SMILES string of the molecule is CNC(=O)C1CCCN(C(=O)Cc2ccc(C(=O)O)cc2)C1. The Balaban J connectivity index is 1.96. The predicted octanol–water partition coefficient (Wildman–Crippen LogP) is 0.912. The molecule has 0 spiro atoms. The Morgan fingerprint density at radius 2 is 1.95 bits per heavy atom. The maximum absolute atomic E-state index is 12.3. The summed E-state index contributed by atoms with van der Waals surface area (Å²) in [5.41, 5.74) is 0.978. The number of likely N-dealkylation sites (tertiary alicyclic amines) is 1. The Labute approximate surface area is 129 Å². The number of nitrogens with one attached hydrogen (secondary N) is 1. The van der Waals surface area contributed by atoms with Gasteiger partial charge in [0.25, 0.3) is 0 Å². The first kappa shape index (κ1) is 16.0. The van der Waals surface area contributed by atoms with E-state index in [9.17, 15) is 14.4 Å². The van der Waals surface area contributed by atoms with Crippen LogP contribution >= 0.6 is 0 Å². The lowest BCUT2D eigenvalue weighted by molar-refractivity contribution is -0.135. The van der Waals surface area contributed by atoms with Crippen molar-refractivity contribution in [3.63, 3.8) is 0 Å². The Bertz CT molecular complexity index is 568. The molecule has 1 atom stereocenters. The number of benzene rings is 1. The minimum absolute atomic E-state index is 0.0247. The van der Waals surface area contributed by atoms with Crippen LogP contribution in [0.4, 0.5) is 0 Å². The first-order valence-electron chi connectivity index (χ1n) is 7.33. The molecule has 1 aliphatic rings. The van der Waals surface area contributed by atoms with Crippen LogP contribution in [0.3, 0.4) is 0 Å². The van der Waals surface area contributed by atoms with Gasteiger partial charge in [-0.15, -0.1) is 0 Å². The van der Waals surface area contributed by atoms with E-state index < -0.39 is 5.97 Å². The lowest BCUT2D eigenvalue weighted by Gasteiger charge is -2.32. The quantitative estimate of drug-likeness (QED) is 0.865. The minimum atomic E-state index is -0.984. The summed E-state index contributed by atoms with van der Waals surface area (Å²) >= 11 is 0. The number of rotatable bonds is 4. The van der Waals surface area contributed by atoms with E-state index in [1.54, 1.807) is 24.1 Å². The van der Waals surface area contributed by atoms with Gasteiger partial charge in [0, 0.05) is 20.1 Å². The standard InChI is InChI=1S/C16H20N2O4/c1-17-15(20)13-3-2-8-18(10-13)14(19)9-11-4-6-12(7-5-11)16(21)22/h4-7,13H,2-3,8-10H2,1H3,(H,17,20)(H,21,22). The van der Waals surface area contributed by atoms with E-state index in [1.807, 2.05) is 0 Å². The number of carbonyl (C=O) groups excluding carboxylic acids is 2. The molecule has 1 aliphatic heterocycles. The smallest absolute Gasteiger partial charge is 0.335 e. The molecule has 0 saturated carbocycles. The zero-order valence-electron chi connectivity index (χ0n) is 12.5. The van der Waals surface area contributed by atoms with Crippen LogP contribution in [-0.2, 0) is 16.0 Å². The summed E-state index contributed by atoms with van der Waals surface area (Å²) in [6, 6.07) is 6.30. The molecule has 6 heteroatoms. The molecule has 1 aromatic carbocycles. The molecule has 118 valence electrons. The second kappa shape index (κ2) is 7.06. The van der Waals surface area contributed by atoms with Crippen molar-refractivity contribution >= 4 is 17.8 Å². The molecule has 2 N–H and O–H groups in total. The normalized spacial score (nSPS) is 17.9. The van der Waals surface area contributed by atoms with Gasteiger partial charge in [-0.3, -0.25) is 9.59 Å². The van der Waals surface area contributed by atoms with Crippen LogP contribution in [0, 0.1) is 5.92 Å². The van der Waals surface area contributed by atoms with Crippen LogP contribution < -0.4 is 5.32 Å². The molecule has 2 amide bonds. The van der Waals surface area contributed by atoms with Crippen LogP contribution in [0.15, 0.2) is 24.3 Å².